The summed E-state index contributed by atoms with van der Waals surface area (Å²) in [5, 5.41) is 3.74. The van der Waals surface area contributed by atoms with E-state index in [4.69, 9.17) is 4.52 Å². The van der Waals surface area contributed by atoms with Gasteiger partial charge >= 0.3 is 5.97 Å². The van der Waals surface area contributed by atoms with Crippen molar-refractivity contribution < 1.29 is 22.5 Å². The van der Waals surface area contributed by atoms with Crippen LogP contribution in [-0.4, -0.2) is 32.4 Å². The van der Waals surface area contributed by atoms with Crippen molar-refractivity contribution in [2.45, 2.75) is 33.2 Å². The van der Waals surface area contributed by atoms with Crippen LogP contribution in [0.3, 0.4) is 0 Å². The summed E-state index contributed by atoms with van der Waals surface area (Å²) in [6.07, 6.45) is 0.312. The lowest BCUT2D eigenvalue weighted by Crippen LogP contribution is -2.26. The SMILES string of the molecule is COC(=O)CCCS(=O)(=O)NCc1c(C)noc1C. The van der Waals surface area contributed by atoms with Gasteiger partial charge in [0.25, 0.3) is 0 Å². The minimum Gasteiger partial charge on any atom is -0.469 e. The Labute approximate surface area is 112 Å². The molecular weight excluding hydrogens is 272 g/mol. The fourth-order valence-corrected chi connectivity index (χ4v) is 2.55. The Morgan fingerprint density at radius 3 is 2.63 bits per heavy atom. The van der Waals surface area contributed by atoms with E-state index in [1.807, 2.05) is 0 Å². The van der Waals surface area contributed by atoms with Crippen LogP contribution >= 0.6 is 0 Å². The molecule has 0 radical (unpaired) electrons. The van der Waals surface area contributed by atoms with Crippen LogP contribution in [0.5, 0.6) is 0 Å². The minimum absolute atomic E-state index is 0.0860. The second kappa shape index (κ2) is 6.67. The summed E-state index contributed by atoms with van der Waals surface area (Å²) in [6.45, 7) is 3.61. The van der Waals surface area contributed by atoms with E-state index in [1.54, 1.807) is 13.8 Å². The molecule has 0 saturated heterocycles. The van der Waals surface area contributed by atoms with Crippen LogP contribution in [0.15, 0.2) is 4.52 Å². The number of ether oxygens (including phenoxy) is 1. The lowest BCUT2D eigenvalue weighted by Gasteiger charge is -2.06. The van der Waals surface area contributed by atoms with Crippen LogP contribution in [0.1, 0.15) is 29.9 Å². The Balaban J connectivity index is 2.45. The molecule has 0 fully saturated rings. The predicted molar refractivity (Wildman–Crippen MR) is 67.9 cm³/mol. The number of sulfonamides is 1. The Bertz CT molecular complexity index is 516. The van der Waals surface area contributed by atoms with E-state index in [1.165, 1.54) is 7.11 Å². The molecule has 1 heterocycles. The smallest absolute Gasteiger partial charge is 0.305 e. The van der Waals surface area contributed by atoms with Gasteiger partial charge in [-0.2, -0.15) is 0 Å². The third-order valence-electron chi connectivity index (χ3n) is 2.67. The maximum absolute atomic E-state index is 11.7. The van der Waals surface area contributed by atoms with Crippen molar-refractivity contribution in [3.8, 4) is 0 Å². The fraction of sp³-hybridized carbons (Fsp3) is 0.636. The fourth-order valence-electron chi connectivity index (χ4n) is 1.52. The number of rotatable bonds is 7. The van der Waals surface area contributed by atoms with Gasteiger partial charge in [-0.25, -0.2) is 13.1 Å². The normalized spacial score (nSPS) is 11.5. The maximum Gasteiger partial charge on any atom is 0.305 e. The first kappa shape index (κ1) is 15.6. The monoisotopic (exact) mass is 290 g/mol. The van der Waals surface area contributed by atoms with Crippen molar-refractivity contribution in [3.63, 3.8) is 0 Å². The molecule has 8 heteroatoms. The number of nitrogens with zero attached hydrogens (tertiary/aromatic N) is 1. The van der Waals surface area contributed by atoms with Crippen LogP contribution < -0.4 is 4.72 Å². The molecule has 0 aromatic carbocycles. The summed E-state index contributed by atoms with van der Waals surface area (Å²) >= 11 is 0. The molecule has 0 amide bonds. The summed E-state index contributed by atoms with van der Waals surface area (Å²) < 4.78 is 35.2. The van der Waals surface area contributed by atoms with E-state index in [-0.39, 0.29) is 25.1 Å². The van der Waals surface area contributed by atoms with Crippen LogP contribution in [0.2, 0.25) is 0 Å². The number of carbonyl (C=O) groups is 1. The molecule has 0 spiro atoms. The maximum atomic E-state index is 11.7. The van der Waals surface area contributed by atoms with Gasteiger partial charge < -0.3 is 9.26 Å². The highest BCUT2D eigenvalue weighted by molar-refractivity contribution is 7.89. The van der Waals surface area contributed by atoms with Crippen LogP contribution in [-0.2, 0) is 26.1 Å². The largest absolute Gasteiger partial charge is 0.469 e. The van der Waals surface area contributed by atoms with Gasteiger partial charge in [0.15, 0.2) is 0 Å². The zero-order valence-corrected chi connectivity index (χ0v) is 12.0. The average molecular weight is 290 g/mol. The molecule has 0 bridgehead atoms. The minimum atomic E-state index is -3.42. The predicted octanol–water partition coefficient (Wildman–Crippen LogP) is 0.664. The molecule has 1 aromatic heterocycles. The molecule has 19 heavy (non-hydrogen) atoms. The average Bonchev–Trinajstić information content (AvgIpc) is 2.66. The molecule has 1 N–H and O–H groups in total. The highest BCUT2D eigenvalue weighted by Crippen LogP contribution is 2.12. The van der Waals surface area contributed by atoms with Gasteiger partial charge in [-0.15, -0.1) is 0 Å². The van der Waals surface area contributed by atoms with E-state index >= 15 is 0 Å². The number of aryl methyl sites for hydroxylation is 2. The van der Waals surface area contributed by atoms with Gasteiger partial charge in [-0.3, -0.25) is 4.79 Å². The second-order valence-electron chi connectivity index (χ2n) is 4.12. The van der Waals surface area contributed by atoms with Crippen LogP contribution in [0, 0.1) is 13.8 Å². The van der Waals surface area contributed by atoms with E-state index < -0.39 is 16.0 Å². The van der Waals surface area contributed by atoms with Gasteiger partial charge in [-0.1, -0.05) is 5.16 Å². The molecule has 0 aliphatic heterocycles. The Hall–Kier alpha value is -1.41. The molecular formula is C11H18N2O5S. The molecule has 0 unspecified atom stereocenters. The highest BCUT2D eigenvalue weighted by atomic mass is 32.2. The molecule has 0 saturated carbocycles. The number of esters is 1. The zero-order chi connectivity index (χ0) is 14.5. The topological polar surface area (TPSA) is 98.5 Å². The summed E-state index contributed by atoms with van der Waals surface area (Å²) in [6, 6.07) is 0. The Morgan fingerprint density at radius 2 is 2.11 bits per heavy atom. The lowest BCUT2D eigenvalue weighted by molar-refractivity contribution is -0.140. The number of hydrogen-bond donors (Lipinski definition) is 1. The molecule has 0 aliphatic rings. The number of carbonyl (C=O) groups excluding carboxylic acids is 1. The summed E-state index contributed by atoms with van der Waals surface area (Å²) in [7, 11) is -2.15. The highest BCUT2D eigenvalue weighted by Gasteiger charge is 2.15. The first-order valence-electron chi connectivity index (χ1n) is 5.81. The molecule has 1 aromatic rings. The molecule has 1 rings (SSSR count). The summed E-state index contributed by atoms with van der Waals surface area (Å²) in [5.74, 6) is 0.0570. The van der Waals surface area contributed by atoms with E-state index in [0.717, 1.165) is 5.56 Å². The van der Waals surface area contributed by atoms with Crippen molar-refractivity contribution in [3.05, 3.63) is 17.0 Å². The quantitative estimate of drug-likeness (QED) is 0.741. The van der Waals surface area contributed by atoms with Crippen LogP contribution in [0.4, 0.5) is 0 Å². The van der Waals surface area contributed by atoms with Crippen molar-refractivity contribution in [1.82, 2.24) is 9.88 Å². The zero-order valence-electron chi connectivity index (χ0n) is 11.2. The molecule has 7 nitrogen and oxygen atoms in total. The Kier molecular flexibility index (Phi) is 5.49. The van der Waals surface area contributed by atoms with Gasteiger partial charge in [0, 0.05) is 18.5 Å². The van der Waals surface area contributed by atoms with Crippen molar-refractivity contribution in [2.75, 3.05) is 12.9 Å². The third-order valence-corrected chi connectivity index (χ3v) is 4.08. The van der Waals surface area contributed by atoms with Crippen molar-refractivity contribution in [1.29, 1.82) is 0 Å². The van der Waals surface area contributed by atoms with E-state index in [9.17, 15) is 13.2 Å². The van der Waals surface area contributed by atoms with Gasteiger partial charge in [0.05, 0.1) is 18.6 Å². The number of hydrogen-bond acceptors (Lipinski definition) is 6. The molecule has 108 valence electrons. The van der Waals surface area contributed by atoms with Gasteiger partial charge in [-0.05, 0) is 20.3 Å². The van der Waals surface area contributed by atoms with Crippen molar-refractivity contribution >= 4 is 16.0 Å². The van der Waals surface area contributed by atoms with Gasteiger partial charge in [0.2, 0.25) is 10.0 Å². The molecule has 0 atom stereocenters. The Morgan fingerprint density at radius 1 is 1.42 bits per heavy atom. The number of methoxy groups -OCH3 is 1. The van der Waals surface area contributed by atoms with E-state index in [0.29, 0.717) is 11.5 Å². The van der Waals surface area contributed by atoms with Crippen LogP contribution in [0.25, 0.3) is 0 Å². The third kappa shape index (κ3) is 4.99. The first-order valence-corrected chi connectivity index (χ1v) is 7.47. The second-order valence-corrected chi connectivity index (χ2v) is 6.05. The number of aromatic nitrogens is 1. The first-order chi connectivity index (χ1) is 8.85. The molecule has 0 aliphatic carbocycles. The van der Waals surface area contributed by atoms with E-state index in [2.05, 4.69) is 14.6 Å². The van der Waals surface area contributed by atoms with Crippen molar-refractivity contribution in [2.24, 2.45) is 0 Å². The number of nitrogens with one attached hydrogen (secondary N) is 1. The standard InChI is InChI=1S/C11H18N2O5S/c1-8-10(9(2)18-13-8)7-12-19(15,16)6-4-5-11(14)17-3/h12H,4-7H2,1-3H3. The van der Waals surface area contributed by atoms with Gasteiger partial charge in [0.1, 0.15) is 5.76 Å². The lowest BCUT2D eigenvalue weighted by atomic mass is 10.2. The summed E-state index contributed by atoms with van der Waals surface area (Å²) in [4.78, 5) is 10.9. The summed E-state index contributed by atoms with van der Waals surface area (Å²) in [5.41, 5.74) is 1.39.